The van der Waals surface area contributed by atoms with Crippen LogP contribution in [0.5, 0.6) is 0 Å². The van der Waals surface area contributed by atoms with Gasteiger partial charge in [-0.15, -0.1) is 0 Å². The summed E-state index contributed by atoms with van der Waals surface area (Å²) in [5, 5.41) is 3.34. The number of rotatable bonds is 12. The Bertz CT molecular complexity index is 1700. The molecule has 0 radical (unpaired) electrons. The lowest BCUT2D eigenvalue weighted by Gasteiger charge is -2.34. The fourth-order valence-electron chi connectivity index (χ4n) is 4.77. The van der Waals surface area contributed by atoms with Crippen LogP contribution < -0.4 is 9.62 Å². The molecule has 4 aromatic carbocycles. The van der Waals surface area contributed by atoms with Gasteiger partial charge in [-0.3, -0.25) is 13.9 Å². The lowest BCUT2D eigenvalue weighted by molar-refractivity contribution is -0.140. The van der Waals surface area contributed by atoms with Gasteiger partial charge in [0.25, 0.3) is 10.0 Å². The van der Waals surface area contributed by atoms with Crippen molar-refractivity contribution in [2.75, 3.05) is 10.8 Å². The highest BCUT2D eigenvalue weighted by atomic mass is 35.5. The Balaban J connectivity index is 1.82. The van der Waals surface area contributed by atoms with E-state index in [9.17, 15) is 18.0 Å². The summed E-state index contributed by atoms with van der Waals surface area (Å²) in [4.78, 5) is 29.3. The standard InChI is InChI=1S/C34H35ClFN3O4S/c1-24(2)37-34(41)32(21-26-10-5-4-6-11-26)38(22-27-12-9-13-28(35)20-27)33(40)23-39(31-15-8-7-14-30(31)36)44(42,43)29-18-16-25(3)17-19-29/h4-20,24,32H,21-23H2,1-3H3,(H,37,41)/t32-/m0/s1. The quantitative estimate of drug-likeness (QED) is 0.202. The predicted molar refractivity (Wildman–Crippen MR) is 171 cm³/mol. The lowest BCUT2D eigenvalue weighted by Crippen LogP contribution is -2.54. The molecule has 0 aliphatic rings. The van der Waals surface area contributed by atoms with Crippen molar-refractivity contribution in [1.29, 1.82) is 0 Å². The van der Waals surface area contributed by atoms with Crippen LogP contribution in [0.15, 0.2) is 108 Å². The van der Waals surface area contributed by atoms with Crippen LogP contribution in [-0.4, -0.2) is 43.8 Å². The molecule has 10 heteroatoms. The highest BCUT2D eigenvalue weighted by molar-refractivity contribution is 7.92. The number of halogens is 2. The molecule has 2 amide bonds. The summed E-state index contributed by atoms with van der Waals surface area (Å²) in [7, 11) is -4.40. The molecule has 7 nitrogen and oxygen atoms in total. The highest BCUT2D eigenvalue weighted by Gasteiger charge is 2.35. The van der Waals surface area contributed by atoms with Crippen molar-refractivity contribution in [3.63, 3.8) is 0 Å². The van der Waals surface area contributed by atoms with E-state index in [4.69, 9.17) is 11.6 Å². The maximum Gasteiger partial charge on any atom is 0.264 e. The summed E-state index contributed by atoms with van der Waals surface area (Å²) in [5.74, 6) is -1.91. The number of nitrogens with one attached hydrogen (secondary N) is 1. The molecule has 0 heterocycles. The smallest absolute Gasteiger partial charge is 0.264 e. The minimum Gasteiger partial charge on any atom is -0.352 e. The first-order chi connectivity index (χ1) is 21.0. The molecular formula is C34H35ClFN3O4S. The van der Waals surface area contributed by atoms with Crippen molar-refractivity contribution in [3.05, 3.63) is 131 Å². The van der Waals surface area contributed by atoms with Crippen molar-refractivity contribution in [2.45, 2.75) is 50.7 Å². The summed E-state index contributed by atoms with van der Waals surface area (Å²) in [6.07, 6.45) is 0.163. The zero-order valence-corrected chi connectivity index (χ0v) is 26.4. The molecule has 4 rings (SSSR count). The Labute approximate surface area is 263 Å². The van der Waals surface area contributed by atoms with Crippen molar-refractivity contribution in [2.24, 2.45) is 0 Å². The van der Waals surface area contributed by atoms with Crippen molar-refractivity contribution < 1.29 is 22.4 Å². The molecule has 44 heavy (non-hydrogen) atoms. The number of aryl methyl sites for hydroxylation is 1. The molecule has 0 fully saturated rings. The molecule has 0 spiro atoms. The van der Waals surface area contributed by atoms with Gasteiger partial charge in [-0.25, -0.2) is 12.8 Å². The summed E-state index contributed by atoms with van der Waals surface area (Å²) < 4.78 is 43.9. The van der Waals surface area contributed by atoms with Gasteiger partial charge < -0.3 is 10.2 Å². The van der Waals surface area contributed by atoms with Crippen LogP contribution in [0.3, 0.4) is 0 Å². The van der Waals surface area contributed by atoms with E-state index in [1.165, 1.54) is 35.2 Å². The normalized spacial score (nSPS) is 12.0. The van der Waals surface area contributed by atoms with Gasteiger partial charge in [-0.05, 0) is 68.3 Å². The first kappa shape index (κ1) is 32.7. The van der Waals surface area contributed by atoms with Gasteiger partial charge in [0.1, 0.15) is 18.4 Å². The third-order valence-electron chi connectivity index (χ3n) is 6.95. The zero-order chi connectivity index (χ0) is 31.9. The van der Waals surface area contributed by atoms with Gasteiger partial charge in [0.2, 0.25) is 11.8 Å². The number of para-hydroxylation sites is 1. The fourth-order valence-corrected chi connectivity index (χ4v) is 6.41. The SMILES string of the molecule is Cc1ccc(S(=O)(=O)N(CC(=O)N(Cc2cccc(Cl)c2)[C@@H](Cc2ccccc2)C(=O)NC(C)C)c2ccccc2F)cc1. The second-order valence-electron chi connectivity index (χ2n) is 10.8. The third kappa shape index (κ3) is 8.24. The first-order valence-electron chi connectivity index (χ1n) is 14.2. The number of nitrogens with zero attached hydrogens (tertiary/aromatic N) is 2. The van der Waals surface area contributed by atoms with Crippen molar-refractivity contribution in [1.82, 2.24) is 10.2 Å². The lowest BCUT2D eigenvalue weighted by atomic mass is 10.0. The van der Waals surface area contributed by atoms with Crippen LogP contribution in [0.1, 0.15) is 30.5 Å². The minimum absolute atomic E-state index is 0.0436. The second kappa shape index (κ2) is 14.5. The summed E-state index contributed by atoms with van der Waals surface area (Å²) in [6, 6.07) is 26.3. The van der Waals surface area contributed by atoms with E-state index in [2.05, 4.69) is 5.32 Å². The summed E-state index contributed by atoms with van der Waals surface area (Å²) >= 11 is 6.26. The van der Waals surface area contributed by atoms with Gasteiger partial charge in [-0.1, -0.05) is 83.9 Å². The molecule has 1 atom stereocenters. The molecule has 4 aromatic rings. The third-order valence-corrected chi connectivity index (χ3v) is 8.96. The number of benzene rings is 4. The van der Waals surface area contributed by atoms with Crippen LogP contribution in [0.4, 0.5) is 10.1 Å². The van der Waals surface area contributed by atoms with Crippen LogP contribution in [0.25, 0.3) is 0 Å². The van der Waals surface area contributed by atoms with Gasteiger partial charge in [0.05, 0.1) is 10.6 Å². The average molecular weight is 636 g/mol. The maximum atomic E-state index is 15.2. The zero-order valence-electron chi connectivity index (χ0n) is 24.8. The monoisotopic (exact) mass is 635 g/mol. The van der Waals surface area contributed by atoms with E-state index >= 15 is 4.39 Å². The van der Waals surface area contributed by atoms with Crippen LogP contribution >= 0.6 is 11.6 Å². The number of hydrogen-bond donors (Lipinski definition) is 1. The predicted octanol–water partition coefficient (Wildman–Crippen LogP) is 6.15. The second-order valence-corrected chi connectivity index (χ2v) is 13.1. The van der Waals surface area contributed by atoms with Gasteiger partial charge >= 0.3 is 0 Å². The van der Waals surface area contributed by atoms with E-state index in [-0.39, 0.29) is 29.6 Å². The number of carbonyl (C=O) groups is 2. The van der Waals surface area contributed by atoms with Crippen LogP contribution in [-0.2, 0) is 32.6 Å². The first-order valence-corrected chi connectivity index (χ1v) is 16.0. The number of hydrogen-bond acceptors (Lipinski definition) is 4. The minimum atomic E-state index is -4.40. The van der Waals surface area contributed by atoms with E-state index < -0.39 is 40.2 Å². The largest absolute Gasteiger partial charge is 0.352 e. The Morgan fingerprint density at radius 1 is 0.864 bits per heavy atom. The average Bonchev–Trinajstić information content (AvgIpc) is 2.98. The molecule has 0 bridgehead atoms. The molecule has 0 aromatic heterocycles. The Morgan fingerprint density at radius 3 is 2.14 bits per heavy atom. The van der Waals surface area contributed by atoms with Gasteiger partial charge in [-0.2, -0.15) is 0 Å². The van der Waals surface area contributed by atoms with Gasteiger partial charge in [0.15, 0.2) is 0 Å². The molecule has 0 saturated carbocycles. The van der Waals surface area contributed by atoms with E-state index in [0.717, 1.165) is 21.5 Å². The topological polar surface area (TPSA) is 86.8 Å². The highest BCUT2D eigenvalue weighted by Crippen LogP contribution is 2.27. The maximum absolute atomic E-state index is 15.2. The summed E-state index contributed by atoms with van der Waals surface area (Å²) in [6.45, 7) is 4.65. The number of sulfonamides is 1. The Kier molecular flexibility index (Phi) is 10.8. The molecule has 0 unspecified atom stereocenters. The van der Waals surface area contributed by atoms with Crippen molar-refractivity contribution >= 4 is 39.1 Å². The Morgan fingerprint density at radius 2 is 1.50 bits per heavy atom. The van der Waals surface area contributed by atoms with Gasteiger partial charge in [0, 0.05) is 24.0 Å². The molecule has 0 saturated heterocycles. The number of carbonyl (C=O) groups excluding carboxylic acids is 2. The molecule has 1 N–H and O–H groups in total. The van der Waals surface area contributed by atoms with Crippen LogP contribution in [0.2, 0.25) is 5.02 Å². The van der Waals surface area contributed by atoms with E-state index in [0.29, 0.717) is 10.6 Å². The fraction of sp³-hybridized carbons (Fsp3) is 0.235. The molecule has 230 valence electrons. The van der Waals surface area contributed by atoms with E-state index in [1.807, 2.05) is 51.1 Å². The Hall–Kier alpha value is -4.21. The van der Waals surface area contributed by atoms with E-state index in [1.54, 1.807) is 36.4 Å². The molecule has 0 aliphatic heterocycles. The molecule has 0 aliphatic carbocycles. The van der Waals surface area contributed by atoms with Crippen molar-refractivity contribution in [3.8, 4) is 0 Å². The van der Waals surface area contributed by atoms with Crippen LogP contribution in [0, 0.1) is 12.7 Å². The molecular weight excluding hydrogens is 601 g/mol. The summed E-state index contributed by atoms with van der Waals surface area (Å²) in [5.41, 5.74) is 2.00. The number of anilines is 1. The number of amides is 2.